The zero-order valence-corrected chi connectivity index (χ0v) is 12.7. The largest absolute Gasteiger partial charge is 0.342 e. The van der Waals surface area contributed by atoms with Crippen LogP contribution in [0.3, 0.4) is 0 Å². The van der Waals surface area contributed by atoms with E-state index in [0.717, 1.165) is 43.8 Å². The lowest BCUT2D eigenvalue weighted by Gasteiger charge is -2.32. The van der Waals surface area contributed by atoms with Crippen molar-refractivity contribution in [2.75, 3.05) is 13.1 Å². The first-order valence-electron chi connectivity index (χ1n) is 7.79. The fourth-order valence-electron chi connectivity index (χ4n) is 2.98. The van der Waals surface area contributed by atoms with Gasteiger partial charge < -0.3 is 4.90 Å². The van der Waals surface area contributed by atoms with Crippen molar-refractivity contribution < 1.29 is 4.79 Å². The first-order chi connectivity index (χ1) is 10.2. The molecular weight excluding hydrogens is 264 g/mol. The van der Waals surface area contributed by atoms with Crippen LogP contribution in [0.2, 0.25) is 0 Å². The van der Waals surface area contributed by atoms with Crippen molar-refractivity contribution in [2.24, 2.45) is 5.92 Å². The minimum absolute atomic E-state index is 0.135. The summed E-state index contributed by atoms with van der Waals surface area (Å²) in [7, 11) is 0. The van der Waals surface area contributed by atoms with Crippen LogP contribution in [0.5, 0.6) is 0 Å². The maximum Gasteiger partial charge on any atom is 0.225 e. The molecule has 0 spiro atoms. The SMILES string of the molecule is CC[C@@H](C)C(=O)N1CCC(c2nnc3ccccn23)CC1. The Morgan fingerprint density at radius 2 is 2.10 bits per heavy atom. The third-order valence-electron chi connectivity index (χ3n) is 4.55. The Morgan fingerprint density at radius 3 is 2.81 bits per heavy atom. The van der Waals surface area contributed by atoms with Gasteiger partial charge in [0.25, 0.3) is 0 Å². The Labute approximate surface area is 125 Å². The zero-order chi connectivity index (χ0) is 14.8. The number of hydrogen-bond acceptors (Lipinski definition) is 3. The highest BCUT2D eigenvalue weighted by Crippen LogP contribution is 2.27. The van der Waals surface area contributed by atoms with Crippen LogP contribution in [0.15, 0.2) is 24.4 Å². The number of piperidine rings is 1. The molecule has 2 aromatic rings. The molecule has 1 fully saturated rings. The molecule has 0 N–H and O–H groups in total. The third kappa shape index (κ3) is 2.64. The van der Waals surface area contributed by atoms with Crippen molar-refractivity contribution in [1.29, 1.82) is 0 Å². The maximum absolute atomic E-state index is 12.2. The number of rotatable bonds is 3. The van der Waals surface area contributed by atoms with E-state index in [0.29, 0.717) is 11.8 Å². The minimum Gasteiger partial charge on any atom is -0.342 e. The fourth-order valence-corrected chi connectivity index (χ4v) is 2.98. The summed E-state index contributed by atoms with van der Waals surface area (Å²) in [4.78, 5) is 14.2. The van der Waals surface area contributed by atoms with Crippen LogP contribution < -0.4 is 0 Å². The molecule has 3 heterocycles. The van der Waals surface area contributed by atoms with Gasteiger partial charge >= 0.3 is 0 Å². The molecule has 5 heteroatoms. The van der Waals surface area contributed by atoms with E-state index >= 15 is 0 Å². The molecule has 1 amide bonds. The van der Waals surface area contributed by atoms with Gasteiger partial charge in [-0.2, -0.15) is 0 Å². The van der Waals surface area contributed by atoms with Crippen molar-refractivity contribution in [1.82, 2.24) is 19.5 Å². The van der Waals surface area contributed by atoms with E-state index in [9.17, 15) is 4.79 Å². The molecule has 0 saturated carbocycles. The molecule has 1 atom stereocenters. The van der Waals surface area contributed by atoms with Gasteiger partial charge in [0.05, 0.1) is 0 Å². The van der Waals surface area contributed by atoms with Crippen molar-refractivity contribution in [3.8, 4) is 0 Å². The van der Waals surface area contributed by atoms with Crippen molar-refractivity contribution >= 4 is 11.6 Å². The normalized spacial score (nSPS) is 18.1. The summed E-state index contributed by atoms with van der Waals surface area (Å²) in [6, 6.07) is 5.95. The van der Waals surface area contributed by atoms with E-state index in [1.54, 1.807) is 0 Å². The molecule has 3 rings (SSSR count). The summed E-state index contributed by atoms with van der Waals surface area (Å²) in [5.74, 6) is 1.85. The van der Waals surface area contributed by atoms with E-state index in [-0.39, 0.29) is 5.92 Å². The Kier molecular flexibility index (Phi) is 3.90. The standard InChI is InChI=1S/C16H22N4O/c1-3-12(2)16(21)19-10-7-13(8-11-19)15-18-17-14-6-4-5-9-20(14)15/h4-6,9,12-13H,3,7-8,10-11H2,1-2H3/t12-/m1/s1. The summed E-state index contributed by atoms with van der Waals surface area (Å²) in [5, 5.41) is 8.57. The quantitative estimate of drug-likeness (QED) is 0.871. The summed E-state index contributed by atoms with van der Waals surface area (Å²) >= 11 is 0. The average molecular weight is 286 g/mol. The van der Waals surface area contributed by atoms with Gasteiger partial charge in [-0.3, -0.25) is 9.20 Å². The molecule has 0 radical (unpaired) electrons. The lowest BCUT2D eigenvalue weighted by Crippen LogP contribution is -2.40. The van der Waals surface area contributed by atoms with Crippen LogP contribution in [0.25, 0.3) is 5.65 Å². The molecule has 1 saturated heterocycles. The minimum atomic E-state index is 0.135. The van der Waals surface area contributed by atoms with Crippen LogP contribution in [0.1, 0.15) is 44.9 Å². The van der Waals surface area contributed by atoms with Gasteiger partial charge in [-0.15, -0.1) is 10.2 Å². The number of fused-ring (bicyclic) bond motifs is 1. The number of nitrogens with zero attached hydrogens (tertiary/aromatic N) is 4. The number of pyridine rings is 1. The van der Waals surface area contributed by atoms with Gasteiger partial charge in [0.2, 0.25) is 5.91 Å². The molecule has 1 aliphatic rings. The van der Waals surface area contributed by atoms with Crippen LogP contribution >= 0.6 is 0 Å². The number of carbonyl (C=O) groups is 1. The second kappa shape index (κ2) is 5.84. The summed E-state index contributed by atoms with van der Waals surface area (Å²) < 4.78 is 2.07. The van der Waals surface area contributed by atoms with Crippen LogP contribution in [0, 0.1) is 5.92 Å². The molecule has 0 bridgehead atoms. The molecule has 1 aliphatic heterocycles. The summed E-state index contributed by atoms with van der Waals surface area (Å²) in [5.41, 5.74) is 0.894. The molecular formula is C16H22N4O. The smallest absolute Gasteiger partial charge is 0.225 e. The number of carbonyl (C=O) groups excluding carboxylic acids is 1. The predicted molar refractivity (Wildman–Crippen MR) is 81.0 cm³/mol. The number of likely N-dealkylation sites (tertiary alicyclic amines) is 1. The van der Waals surface area contributed by atoms with E-state index in [4.69, 9.17) is 0 Å². The summed E-state index contributed by atoms with van der Waals surface area (Å²) in [6.07, 6.45) is 4.87. The highest BCUT2D eigenvalue weighted by molar-refractivity contribution is 5.78. The van der Waals surface area contributed by atoms with Gasteiger partial charge in [-0.05, 0) is 31.4 Å². The monoisotopic (exact) mass is 286 g/mol. The molecule has 0 aromatic carbocycles. The van der Waals surface area contributed by atoms with E-state index in [2.05, 4.69) is 21.5 Å². The molecule has 112 valence electrons. The first kappa shape index (κ1) is 14.0. The van der Waals surface area contributed by atoms with E-state index < -0.39 is 0 Å². The average Bonchev–Trinajstić information content (AvgIpc) is 2.97. The lowest BCUT2D eigenvalue weighted by atomic mass is 9.94. The highest BCUT2D eigenvalue weighted by Gasteiger charge is 2.28. The van der Waals surface area contributed by atoms with Crippen LogP contribution in [0.4, 0.5) is 0 Å². The van der Waals surface area contributed by atoms with Gasteiger partial charge in [-0.1, -0.05) is 19.9 Å². The lowest BCUT2D eigenvalue weighted by molar-refractivity contribution is -0.136. The zero-order valence-electron chi connectivity index (χ0n) is 12.7. The Morgan fingerprint density at radius 1 is 1.33 bits per heavy atom. The summed E-state index contributed by atoms with van der Waals surface area (Å²) in [6.45, 7) is 5.74. The van der Waals surface area contributed by atoms with Gasteiger partial charge in [0.1, 0.15) is 5.82 Å². The molecule has 21 heavy (non-hydrogen) atoms. The first-order valence-corrected chi connectivity index (χ1v) is 7.79. The van der Waals surface area contributed by atoms with Crippen LogP contribution in [-0.4, -0.2) is 38.5 Å². The van der Waals surface area contributed by atoms with Crippen LogP contribution in [-0.2, 0) is 4.79 Å². The van der Waals surface area contributed by atoms with Crippen molar-refractivity contribution in [3.05, 3.63) is 30.2 Å². The predicted octanol–water partition coefficient (Wildman–Crippen LogP) is 2.48. The van der Waals surface area contributed by atoms with E-state index in [1.807, 2.05) is 36.2 Å². The van der Waals surface area contributed by atoms with Crippen molar-refractivity contribution in [3.63, 3.8) is 0 Å². The third-order valence-corrected chi connectivity index (χ3v) is 4.55. The Balaban J connectivity index is 1.70. The van der Waals surface area contributed by atoms with Gasteiger partial charge in [0, 0.05) is 31.1 Å². The van der Waals surface area contributed by atoms with Gasteiger partial charge in [-0.25, -0.2) is 0 Å². The fraction of sp³-hybridized carbons (Fsp3) is 0.562. The van der Waals surface area contributed by atoms with E-state index in [1.165, 1.54) is 0 Å². The molecule has 0 unspecified atom stereocenters. The highest BCUT2D eigenvalue weighted by atomic mass is 16.2. The Bertz CT molecular complexity index is 628. The Hall–Kier alpha value is -1.91. The number of hydrogen-bond donors (Lipinski definition) is 0. The maximum atomic E-state index is 12.2. The number of amides is 1. The second-order valence-electron chi connectivity index (χ2n) is 5.90. The van der Waals surface area contributed by atoms with Crippen molar-refractivity contribution in [2.45, 2.75) is 39.0 Å². The number of aromatic nitrogens is 3. The second-order valence-corrected chi connectivity index (χ2v) is 5.90. The molecule has 0 aliphatic carbocycles. The van der Waals surface area contributed by atoms with Gasteiger partial charge in [0.15, 0.2) is 5.65 Å². The topological polar surface area (TPSA) is 50.5 Å². The molecule has 5 nitrogen and oxygen atoms in total. The molecule has 2 aromatic heterocycles.